The molecular weight excluding hydrogens is 346 g/mol. The highest BCUT2D eigenvalue weighted by Crippen LogP contribution is 2.23. The Labute approximate surface area is 148 Å². The lowest BCUT2D eigenvalue weighted by Gasteiger charge is -2.10. The highest BCUT2D eigenvalue weighted by Gasteiger charge is 2.14. The van der Waals surface area contributed by atoms with Crippen molar-refractivity contribution < 1.29 is 18.0 Å². The van der Waals surface area contributed by atoms with Crippen molar-refractivity contribution in [1.82, 2.24) is 0 Å². The zero-order valence-corrected chi connectivity index (χ0v) is 14.5. The van der Waals surface area contributed by atoms with Crippen LogP contribution >= 0.6 is 11.8 Å². The van der Waals surface area contributed by atoms with E-state index in [2.05, 4.69) is 5.32 Å². The van der Waals surface area contributed by atoms with Gasteiger partial charge in [-0.3, -0.25) is 4.79 Å². The number of benzene rings is 1. The van der Waals surface area contributed by atoms with Crippen molar-refractivity contribution in [2.24, 2.45) is 0 Å². The Morgan fingerprint density at radius 2 is 2.00 bits per heavy atom. The van der Waals surface area contributed by atoms with Crippen LogP contribution in [0.5, 0.6) is 0 Å². The summed E-state index contributed by atoms with van der Waals surface area (Å²) in [6.07, 6.45) is 1.29. The maximum Gasteiger partial charge on any atom is 0.284 e. The van der Waals surface area contributed by atoms with Crippen LogP contribution in [0.25, 0.3) is 6.08 Å². The number of hydrogen-bond donors (Lipinski definition) is 1. The van der Waals surface area contributed by atoms with Crippen molar-refractivity contribution in [1.29, 1.82) is 5.26 Å². The smallest absolute Gasteiger partial charge is 0.284 e. The molecule has 130 valence electrons. The summed E-state index contributed by atoms with van der Waals surface area (Å²) in [5.41, 5.74) is 2.29. The number of thioether (sulfide) groups is 1. The molecule has 4 nitrogen and oxygen atoms in total. The fraction of sp³-hybridized carbons (Fsp3) is 0.222. The van der Waals surface area contributed by atoms with Gasteiger partial charge in [0.25, 0.3) is 11.7 Å². The van der Waals surface area contributed by atoms with E-state index in [4.69, 9.17) is 4.42 Å². The molecule has 0 saturated carbocycles. The van der Waals surface area contributed by atoms with Crippen LogP contribution < -0.4 is 5.32 Å². The van der Waals surface area contributed by atoms with Crippen LogP contribution in [0.15, 0.2) is 40.3 Å². The first-order valence-corrected chi connectivity index (χ1v) is 8.43. The van der Waals surface area contributed by atoms with Gasteiger partial charge >= 0.3 is 0 Å². The van der Waals surface area contributed by atoms with Crippen molar-refractivity contribution in [3.8, 4) is 6.07 Å². The normalized spacial score (nSPS) is 11.4. The Hall–Kier alpha value is -2.59. The topological polar surface area (TPSA) is 66.0 Å². The molecule has 25 heavy (non-hydrogen) atoms. The monoisotopic (exact) mass is 362 g/mol. The van der Waals surface area contributed by atoms with Gasteiger partial charge < -0.3 is 9.73 Å². The third-order valence-electron chi connectivity index (χ3n) is 3.41. The molecule has 1 amide bonds. The van der Waals surface area contributed by atoms with Crippen LogP contribution in [0.3, 0.4) is 0 Å². The van der Waals surface area contributed by atoms with E-state index >= 15 is 0 Å². The van der Waals surface area contributed by atoms with E-state index in [0.717, 1.165) is 11.1 Å². The van der Waals surface area contributed by atoms with Gasteiger partial charge in [0.15, 0.2) is 0 Å². The molecule has 0 aliphatic heterocycles. The van der Waals surface area contributed by atoms with E-state index in [1.54, 1.807) is 6.07 Å². The summed E-state index contributed by atoms with van der Waals surface area (Å²) in [6.45, 7) is 3.72. The second-order valence-corrected chi connectivity index (χ2v) is 6.24. The number of halogens is 2. The van der Waals surface area contributed by atoms with Gasteiger partial charge in [-0.15, -0.1) is 0 Å². The number of aryl methyl sites for hydroxylation is 2. The predicted octanol–water partition coefficient (Wildman–Crippen LogP) is 4.90. The highest BCUT2D eigenvalue weighted by atomic mass is 32.2. The molecule has 0 radical (unpaired) electrons. The number of nitrogens with zero attached hydrogens (tertiary/aromatic N) is 1. The molecule has 2 rings (SSSR count). The predicted molar refractivity (Wildman–Crippen MR) is 94.1 cm³/mol. The largest absolute Gasteiger partial charge is 0.461 e. The molecule has 1 heterocycles. The van der Waals surface area contributed by atoms with Crippen molar-refractivity contribution >= 4 is 29.4 Å². The molecular formula is C18H16F2N2O2S. The average Bonchev–Trinajstić information content (AvgIpc) is 3.01. The van der Waals surface area contributed by atoms with E-state index in [-0.39, 0.29) is 17.1 Å². The average molecular weight is 362 g/mol. The summed E-state index contributed by atoms with van der Waals surface area (Å²) < 4.78 is 29.7. The molecule has 7 heteroatoms. The van der Waals surface area contributed by atoms with Gasteiger partial charge in [-0.05, 0) is 37.1 Å². The molecule has 1 aromatic carbocycles. The number of anilines is 1. The fourth-order valence-electron chi connectivity index (χ4n) is 2.18. The van der Waals surface area contributed by atoms with E-state index in [1.807, 2.05) is 38.1 Å². The lowest BCUT2D eigenvalue weighted by molar-refractivity contribution is -0.112. The Kier molecular flexibility index (Phi) is 6.37. The van der Waals surface area contributed by atoms with Crippen LogP contribution in [0.2, 0.25) is 0 Å². The number of para-hydroxylation sites is 1. The van der Waals surface area contributed by atoms with E-state index < -0.39 is 11.7 Å². The van der Waals surface area contributed by atoms with Gasteiger partial charge in [0.05, 0.1) is 5.75 Å². The fourth-order valence-corrected chi connectivity index (χ4v) is 2.62. The zero-order valence-electron chi connectivity index (χ0n) is 13.7. The van der Waals surface area contributed by atoms with E-state index in [0.29, 0.717) is 23.2 Å². The summed E-state index contributed by atoms with van der Waals surface area (Å²) in [6, 6.07) is 10.5. The second-order valence-electron chi connectivity index (χ2n) is 5.27. The maximum atomic E-state index is 12.3. The molecule has 0 saturated heterocycles. The van der Waals surface area contributed by atoms with Crippen molar-refractivity contribution in [2.45, 2.75) is 25.4 Å². The minimum atomic E-state index is -2.48. The summed E-state index contributed by atoms with van der Waals surface area (Å²) in [5, 5.41) is 12.0. The van der Waals surface area contributed by atoms with Gasteiger partial charge in [0.2, 0.25) is 0 Å². The van der Waals surface area contributed by atoms with Gasteiger partial charge in [-0.1, -0.05) is 30.0 Å². The molecule has 0 spiro atoms. The Morgan fingerprint density at radius 1 is 1.32 bits per heavy atom. The number of hydrogen-bond acceptors (Lipinski definition) is 4. The molecule has 2 aromatic rings. The van der Waals surface area contributed by atoms with Gasteiger partial charge in [0, 0.05) is 11.8 Å². The number of alkyl halides is 2. The minimum absolute atomic E-state index is 0.0159. The Morgan fingerprint density at radius 3 is 2.60 bits per heavy atom. The Bertz CT molecular complexity index is 818. The standard InChI is InChI=1S/C18H16F2N2O2S/c1-11-4-3-5-12(2)16(11)22-17(23)13(9-21)8-14-6-7-15(24-14)10-25-18(19)20/h3-8,18H,10H2,1-2H3,(H,22,23)/b13-8+. The number of furan rings is 1. The van der Waals surface area contributed by atoms with Crippen LogP contribution in [0, 0.1) is 25.2 Å². The lowest BCUT2D eigenvalue weighted by atomic mass is 10.1. The first-order valence-electron chi connectivity index (χ1n) is 7.38. The van der Waals surface area contributed by atoms with Crippen LogP contribution in [0.4, 0.5) is 14.5 Å². The summed E-state index contributed by atoms with van der Waals surface area (Å²) in [4.78, 5) is 12.3. The third kappa shape index (κ3) is 5.19. The zero-order chi connectivity index (χ0) is 18.4. The van der Waals surface area contributed by atoms with E-state index in [1.165, 1.54) is 12.1 Å². The lowest BCUT2D eigenvalue weighted by Crippen LogP contribution is -2.15. The van der Waals surface area contributed by atoms with Gasteiger partial charge in [0.1, 0.15) is 23.2 Å². The SMILES string of the molecule is Cc1cccc(C)c1NC(=O)/C(C#N)=C/c1ccc(CSC(F)F)o1. The summed E-state index contributed by atoms with van der Waals surface area (Å²) in [5.74, 6) is -2.41. The van der Waals surface area contributed by atoms with Crippen molar-refractivity contribution in [2.75, 3.05) is 5.32 Å². The summed E-state index contributed by atoms with van der Waals surface area (Å²) >= 11 is 0.442. The van der Waals surface area contributed by atoms with Crippen LogP contribution in [-0.4, -0.2) is 11.7 Å². The van der Waals surface area contributed by atoms with E-state index in [9.17, 15) is 18.8 Å². The molecule has 0 bridgehead atoms. The first-order chi connectivity index (χ1) is 11.9. The molecule has 1 N–H and O–H groups in total. The number of nitriles is 1. The number of nitrogens with one attached hydrogen (secondary N) is 1. The van der Waals surface area contributed by atoms with Gasteiger partial charge in [-0.25, -0.2) is 0 Å². The van der Waals surface area contributed by atoms with Crippen molar-refractivity contribution in [3.05, 3.63) is 58.6 Å². The Balaban J connectivity index is 2.14. The van der Waals surface area contributed by atoms with Gasteiger partial charge in [-0.2, -0.15) is 14.0 Å². The minimum Gasteiger partial charge on any atom is -0.461 e. The molecule has 0 aliphatic carbocycles. The molecule has 0 atom stereocenters. The van der Waals surface area contributed by atoms with Crippen LogP contribution in [0.1, 0.15) is 22.6 Å². The molecule has 1 aromatic heterocycles. The second kappa shape index (κ2) is 8.49. The van der Waals surface area contributed by atoms with Crippen molar-refractivity contribution in [3.63, 3.8) is 0 Å². The third-order valence-corrected chi connectivity index (χ3v) is 4.11. The quantitative estimate of drug-likeness (QED) is 0.586. The number of carbonyl (C=O) groups is 1. The number of rotatable bonds is 6. The summed E-state index contributed by atoms with van der Waals surface area (Å²) in [7, 11) is 0. The molecule has 0 unspecified atom stereocenters. The molecule has 0 aliphatic rings. The van der Waals surface area contributed by atoms with Crippen LogP contribution in [-0.2, 0) is 10.5 Å². The maximum absolute atomic E-state index is 12.3. The first kappa shape index (κ1) is 18.7. The number of carbonyl (C=O) groups excluding carboxylic acids is 1. The number of amides is 1. The molecule has 0 fully saturated rings. The highest BCUT2D eigenvalue weighted by molar-refractivity contribution is 7.98.